The number of allylic oxidation sites excluding steroid dienone is 1. The van der Waals surface area contributed by atoms with Crippen LogP contribution in [0.4, 0.5) is 5.69 Å². The number of nitrogens with one attached hydrogen (secondary N) is 2. The summed E-state index contributed by atoms with van der Waals surface area (Å²) in [4.78, 5) is 28.0. The Morgan fingerprint density at radius 3 is 2.63 bits per heavy atom. The van der Waals surface area contributed by atoms with Crippen LogP contribution in [-0.2, 0) is 9.53 Å². The molecule has 0 radical (unpaired) electrons. The number of ether oxygens (including phenoxy) is 2. The van der Waals surface area contributed by atoms with Crippen LogP contribution in [0, 0.1) is 0 Å². The minimum absolute atomic E-state index is 0.262. The summed E-state index contributed by atoms with van der Waals surface area (Å²) in [5.74, 6) is 1.09. The molecule has 1 aromatic rings. The summed E-state index contributed by atoms with van der Waals surface area (Å²) in [5.41, 5.74) is 0.706. The highest BCUT2D eigenvalue weighted by atomic mass is 35.5. The quantitative estimate of drug-likeness (QED) is 0.523. The van der Waals surface area contributed by atoms with E-state index in [1.807, 2.05) is 0 Å². The predicted octanol–water partition coefficient (Wildman–Crippen LogP) is 3.74. The summed E-state index contributed by atoms with van der Waals surface area (Å²) >= 11 is 7.79. The highest BCUT2D eigenvalue weighted by Gasteiger charge is 2.21. The van der Waals surface area contributed by atoms with Gasteiger partial charge in [-0.25, -0.2) is 0 Å². The molecule has 0 bridgehead atoms. The molecule has 7 nitrogen and oxygen atoms in total. The molecule has 1 heterocycles. The lowest BCUT2D eigenvalue weighted by atomic mass is 10.1. The number of anilines is 1. The molecule has 0 unspecified atom stereocenters. The zero-order valence-electron chi connectivity index (χ0n) is 18.0. The van der Waals surface area contributed by atoms with E-state index in [2.05, 4.69) is 29.4 Å². The number of hydrogen-bond acceptors (Lipinski definition) is 6. The number of thioether (sulfide) groups is 1. The van der Waals surface area contributed by atoms with Crippen LogP contribution in [0.2, 0.25) is 5.02 Å². The Labute approximate surface area is 187 Å². The molecule has 0 atom stereocenters. The van der Waals surface area contributed by atoms with Crippen LogP contribution < -0.4 is 15.4 Å². The zero-order chi connectivity index (χ0) is 22.1. The van der Waals surface area contributed by atoms with Crippen LogP contribution in [0.1, 0.15) is 37.6 Å². The van der Waals surface area contributed by atoms with E-state index in [-0.39, 0.29) is 16.8 Å². The predicted molar refractivity (Wildman–Crippen MR) is 122 cm³/mol. The van der Waals surface area contributed by atoms with Crippen molar-refractivity contribution in [1.82, 2.24) is 10.2 Å². The van der Waals surface area contributed by atoms with Gasteiger partial charge in [0.05, 0.1) is 30.0 Å². The molecular formula is C21H30ClN3O4S. The lowest BCUT2D eigenvalue weighted by Gasteiger charge is -2.19. The van der Waals surface area contributed by atoms with E-state index < -0.39 is 0 Å². The minimum atomic E-state index is -0.297. The van der Waals surface area contributed by atoms with Gasteiger partial charge in [-0.2, -0.15) is 0 Å². The number of halogens is 1. The summed E-state index contributed by atoms with van der Waals surface area (Å²) < 4.78 is 10.8. The Morgan fingerprint density at radius 1 is 1.27 bits per heavy atom. The van der Waals surface area contributed by atoms with E-state index in [1.165, 1.54) is 24.9 Å². The van der Waals surface area contributed by atoms with Crippen molar-refractivity contribution in [3.8, 4) is 5.75 Å². The Balaban J connectivity index is 2.06. The second kappa shape index (κ2) is 12.1. The van der Waals surface area contributed by atoms with Crippen LogP contribution in [0.5, 0.6) is 5.75 Å². The minimum Gasteiger partial charge on any atom is -0.496 e. The molecule has 0 spiro atoms. The maximum Gasteiger partial charge on any atom is 0.265 e. The van der Waals surface area contributed by atoms with E-state index in [1.54, 1.807) is 13.0 Å². The molecule has 166 valence electrons. The summed E-state index contributed by atoms with van der Waals surface area (Å²) in [7, 11) is 1.48. The second-order valence-electron chi connectivity index (χ2n) is 6.71. The van der Waals surface area contributed by atoms with Crippen molar-refractivity contribution in [1.29, 1.82) is 0 Å². The molecule has 0 fully saturated rings. The topological polar surface area (TPSA) is 79.9 Å². The number of carbonyl (C=O) groups is 2. The van der Waals surface area contributed by atoms with Gasteiger partial charge in [-0.1, -0.05) is 25.4 Å². The zero-order valence-corrected chi connectivity index (χ0v) is 19.5. The van der Waals surface area contributed by atoms with Gasteiger partial charge in [0, 0.05) is 18.4 Å². The van der Waals surface area contributed by atoms with Crippen molar-refractivity contribution in [2.75, 3.05) is 51.0 Å². The third kappa shape index (κ3) is 6.55. The fraction of sp³-hybridized carbons (Fsp3) is 0.524. The Morgan fingerprint density at radius 2 is 2.00 bits per heavy atom. The lowest BCUT2D eigenvalue weighted by molar-refractivity contribution is -0.112. The van der Waals surface area contributed by atoms with E-state index in [0.29, 0.717) is 46.6 Å². The smallest absolute Gasteiger partial charge is 0.265 e. The largest absolute Gasteiger partial charge is 0.496 e. The Kier molecular flexibility index (Phi) is 9.81. The molecule has 0 aromatic heterocycles. The molecule has 1 aromatic carbocycles. The maximum atomic E-state index is 12.6. The molecule has 2 rings (SSSR count). The normalized spacial score (nSPS) is 13.8. The second-order valence-corrected chi connectivity index (χ2v) is 8.22. The van der Waals surface area contributed by atoms with Gasteiger partial charge in [-0.05, 0) is 39.0 Å². The van der Waals surface area contributed by atoms with E-state index in [0.717, 1.165) is 26.1 Å². The first-order valence-electron chi connectivity index (χ1n) is 10.1. The van der Waals surface area contributed by atoms with Crippen LogP contribution in [0.3, 0.4) is 0 Å². The van der Waals surface area contributed by atoms with Crippen LogP contribution in [0.25, 0.3) is 0 Å². The van der Waals surface area contributed by atoms with E-state index >= 15 is 0 Å². The summed E-state index contributed by atoms with van der Waals surface area (Å²) in [5, 5.41) is 5.95. The first-order valence-corrected chi connectivity index (χ1v) is 11.4. The lowest BCUT2D eigenvalue weighted by Crippen LogP contribution is -2.30. The number of amides is 2. The summed E-state index contributed by atoms with van der Waals surface area (Å²) in [6, 6.07) is 3.08. The fourth-order valence-electron chi connectivity index (χ4n) is 3.05. The Bertz CT molecular complexity index is 797. The number of benzene rings is 1. The van der Waals surface area contributed by atoms with Gasteiger partial charge in [-0.3, -0.25) is 9.59 Å². The average molecular weight is 456 g/mol. The molecule has 2 amide bonds. The van der Waals surface area contributed by atoms with E-state index in [9.17, 15) is 9.59 Å². The van der Waals surface area contributed by atoms with Gasteiger partial charge < -0.3 is 25.0 Å². The molecule has 0 saturated carbocycles. The molecule has 2 N–H and O–H groups in total. The summed E-state index contributed by atoms with van der Waals surface area (Å²) in [6.45, 7) is 10.0. The van der Waals surface area contributed by atoms with Gasteiger partial charge in [0.15, 0.2) is 0 Å². The van der Waals surface area contributed by atoms with Crippen molar-refractivity contribution < 1.29 is 19.1 Å². The third-order valence-electron chi connectivity index (χ3n) is 4.79. The Hall–Kier alpha value is -1.90. The van der Waals surface area contributed by atoms with Crippen LogP contribution >= 0.6 is 23.4 Å². The van der Waals surface area contributed by atoms with Gasteiger partial charge in [0.1, 0.15) is 16.4 Å². The number of nitrogens with zero attached hydrogens (tertiary/aromatic N) is 1. The molecule has 0 aliphatic carbocycles. The maximum absolute atomic E-state index is 12.6. The number of carbonyl (C=O) groups excluding carboxylic acids is 2. The summed E-state index contributed by atoms with van der Waals surface area (Å²) in [6.07, 6.45) is 0.853. The molecule has 9 heteroatoms. The number of rotatable bonds is 10. The van der Waals surface area contributed by atoms with Gasteiger partial charge in [-0.15, -0.1) is 11.8 Å². The highest BCUT2D eigenvalue weighted by molar-refractivity contribution is 8.04. The molecule has 0 saturated heterocycles. The van der Waals surface area contributed by atoms with Crippen molar-refractivity contribution in [2.24, 2.45) is 0 Å². The fourth-order valence-corrected chi connectivity index (χ4v) is 4.07. The van der Waals surface area contributed by atoms with Crippen LogP contribution in [-0.4, -0.2) is 62.4 Å². The van der Waals surface area contributed by atoms with Crippen molar-refractivity contribution in [3.63, 3.8) is 0 Å². The van der Waals surface area contributed by atoms with Crippen molar-refractivity contribution in [2.45, 2.75) is 27.2 Å². The van der Waals surface area contributed by atoms with Gasteiger partial charge in [0.2, 0.25) is 0 Å². The SMILES string of the molecule is CCN(CC)CCCNC(=O)c1cc(Cl)c(NC(=O)C2=C(C)OCCS2)cc1OC. The molecule has 30 heavy (non-hydrogen) atoms. The van der Waals surface area contributed by atoms with Gasteiger partial charge in [0.25, 0.3) is 11.8 Å². The first-order chi connectivity index (χ1) is 14.4. The van der Waals surface area contributed by atoms with Crippen LogP contribution in [0.15, 0.2) is 22.8 Å². The number of hydrogen-bond donors (Lipinski definition) is 2. The molecule has 1 aliphatic heterocycles. The molecule has 1 aliphatic rings. The molecular weight excluding hydrogens is 426 g/mol. The first kappa shape index (κ1) is 24.4. The number of methoxy groups -OCH3 is 1. The monoisotopic (exact) mass is 455 g/mol. The third-order valence-corrected chi connectivity index (χ3v) is 6.23. The standard InChI is InChI=1S/C21H30ClN3O4S/c1-5-25(6-2)9-7-8-23-20(26)15-12-16(22)17(13-18(15)28-4)24-21(27)19-14(3)29-10-11-30-19/h12-13H,5-11H2,1-4H3,(H,23,26)(H,24,27). The van der Waals surface area contributed by atoms with E-state index in [4.69, 9.17) is 21.1 Å². The average Bonchev–Trinajstić information content (AvgIpc) is 2.75. The van der Waals surface area contributed by atoms with Crippen molar-refractivity contribution in [3.05, 3.63) is 33.4 Å². The van der Waals surface area contributed by atoms with Crippen molar-refractivity contribution >= 4 is 40.9 Å². The highest BCUT2D eigenvalue weighted by Crippen LogP contribution is 2.33. The van der Waals surface area contributed by atoms with Gasteiger partial charge >= 0.3 is 0 Å².